The van der Waals surface area contributed by atoms with Crippen molar-refractivity contribution in [2.45, 2.75) is 44.4 Å². The third-order valence-corrected chi connectivity index (χ3v) is 4.50. The van der Waals surface area contributed by atoms with E-state index in [9.17, 15) is 18.0 Å². The minimum atomic E-state index is -4.41. The van der Waals surface area contributed by atoms with Crippen LogP contribution < -0.4 is 5.73 Å². The largest absolute Gasteiger partial charge is 0.417 e. The number of pyridine rings is 1. The number of fused-ring (bicyclic) bond motifs is 1. The van der Waals surface area contributed by atoms with Crippen LogP contribution in [0.4, 0.5) is 13.2 Å². The normalized spacial score (nSPS) is 25.2. The number of carbonyl (C=O) groups is 1. The van der Waals surface area contributed by atoms with Gasteiger partial charge in [0.15, 0.2) is 0 Å². The van der Waals surface area contributed by atoms with Crippen molar-refractivity contribution in [2.75, 3.05) is 6.54 Å². The molecule has 0 aromatic carbocycles. The summed E-state index contributed by atoms with van der Waals surface area (Å²) in [5.41, 5.74) is 6.22. The highest BCUT2D eigenvalue weighted by Gasteiger charge is 2.35. The fourth-order valence-electron chi connectivity index (χ4n) is 3.27. The lowest BCUT2D eigenvalue weighted by molar-refractivity contribution is -0.137. The van der Waals surface area contributed by atoms with Gasteiger partial charge in [0.05, 0.1) is 5.56 Å². The highest BCUT2D eigenvalue weighted by Crippen LogP contribution is 2.32. The molecule has 2 aliphatic rings. The zero-order valence-corrected chi connectivity index (χ0v) is 12.1. The van der Waals surface area contributed by atoms with Crippen LogP contribution in [0.3, 0.4) is 0 Å². The number of halogens is 3. The number of alkyl halides is 3. The van der Waals surface area contributed by atoms with Crippen LogP contribution >= 0.6 is 0 Å². The van der Waals surface area contributed by atoms with Gasteiger partial charge in [0.1, 0.15) is 0 Å². The molecular formula is C15H18F3N3O. The van der Waals surface area contributed by atoms with E-state index >= 15 is 0 Å². The van der Waals surface area contributed by atoms with Crippen molar-refractivity contribution < 1.29 is 18.0 Å². The molecule has 1 aromatic rings. The lowest BCUT2D eigenvalue weighted by Gasteiger charge is -2.30. The Morgan fingerprint density at radius 1 is 1.36 bits per heavy atom. The SMILES string of the molecule is NC1CC[C@H](C(=O)N2CCc3ncc(C(F)(F)F)cc3C2)C1. The Labute approximate surface area is 126 Å². The topological polar surface area (TPSA) is 59.2 Å². The number of amides is 1. The monoisotopic (exact) mass is 313 g/mol. The van der Waals surface area contributed by atoms with E-state index in [1.807, 2.05) is 0 Å². The Morgan fingerprint density at radius 3 is 2.77 bits per heavy atom. The van der Waals surface area contributed by atoms with E-state index in [0.29, 0.717) is 30.6 Å². The van der Waals surface area contributed by atoms with Gasteiger partial charge in [0.25, 0.3) is 0 Å². The predicted molar refractivity (Wildman–Crippen MR) is 73.7 cm³/mol. The van der Waals surface area contributed by atoms with Crippen molar-refractivity contribution in [1.82, 2.24) is 9.88 Å². The predicted octanol–water partition coefficient (Wildman–Crippen LogP) is 2.11. The summed E-state index contributed by atoms with van der Waals surface area (Å²) in [6.45, 7) is 0.715. The quantitative estimate of drug-likeness (QED) is 0.864. The molecule has 0 bridgehead atoms. The van der Waals surface area contributed by atoms with Crippen LogP contribution in [0.15, 0.2) is 12.3 Å². The molecule has 0 saturated heterocycles. The number of rotatable bonds is 1. The first kappa shape index (κ1) is 15.3. The lowest BCUT2D eigenvalue weighted by atomic mass is 10.00. The van der Waals surface area contributed by atoms with Crippen LogP contribution in [-0.4, -0.2) is 28.4 Å². The highest BCUT2D eigenvalue weighted by atomic mass is 19.4. The standard InChI is InChI=1S/C15H18F3N3O/c16-15(17,18)11-5-10-8-21(4-3-13(10)20-7-11)14(22)9-1-2-12(19)6-9/h5,7,9,12H,1-4,6,8,19H2/t9-,12?/m0/s1. The maximum absolute atomic E-state index is 12.8. The van der Waals surface area contributed by atoms with Gasteiger partial charge in [-0.2, -0.15) is 13.2 Å². The van der Waals surface area contributed by atoms with Gasteiger partial charge in [0.2, 0.25) is 5.91 Å². The molecular weight excluding hydrogens is 295 g/mol. The molecule has 2 N–H and O–H groups in total. The Kier molecular flexibility index (Phi) is 3.84. The van der Waals surface area contributed by atoms with Crippen LogP contribution in [0.2, 0.25) is 0 Å². The van der Waals surface area contributed by atoms with Crippen molar-refractivity contribution in [3.05, 3.63) is 29.1 Å². The number of carbonyl (C=O) groups excluding carboxylic acids is 1. The number of nitrogens with two attached hydrogens (primary N) is 1. The van der Waals surface area contributed by atoms with Gasteiger partial charge in [-0.05, 0) is 30.9 Å². The fourth-order valence-corrected chi connectivity index (χ4v) is 3.27. The second-order valence-electron chi connectivity index (χ2n) is 6.11. The summed E-state index contributed by atoms with van der Waals surface area (Å²) >= 11 is 0. The average Bonchev–Trinajstić information content (AvgIpc) is 2.91. The molecule has 22 heavy (non-hydrogen) atoms. The Hall–Kier alpha value is -1.63. The molecule has 3 rings (SSSR count). The molecule has 1 amide bonds. The molecule has 2 atom stereocenters. The van der Waals surface area contributed by atoms with Gasteiger partial charge >= 0.3 is 6.18 Å². The second kappa shape index (κ2) is 5.53. The number of hydrogen-bond acceptors (Lipinski definition) is 3. The number of nitrogens with zero attached hydrogens (tertiary/aromatic N) is 2. The minimum absolute atomic E-state index is 0.0102. The smallest absolute Gasteiger partial charge is 0.338 e. The Balaban J connectivity index is 1.76. The van der Waals surface area contributed by atoms with Crippen LogP contribution in [0, 0.1) is 5.92 Å². The van der Waals surface area contributed by atoms with Gasteiger partial charge in [-0.25, -0.2) is 0 Å². The van der Waals surface area contributed by atoms with E-state index < -0.39 is 11.7 Å². The van der Waals surface area contributed by atoms with Crippen LogP contribution in [0.25, 0.3) is 0 Å². The van der Waals surface area contributed by atoms with E-state index in [1.54, 1.807) is 4.90 Å². The van der Waals surface area contributed by atoms with Gasteiger partial charge in [-0.3, -0.25) is 9.78 Å². The van der Waals surface area contributed by atoms with E-state index in [1.165, 1.54) is 0 Å². The third-order valence-electron chi connectivity index (χ3n) is 4.50. The van der Waals surface area contributed by atoms with Gasteiger partial charge in [0, 0.05) is 43.4 Å². The first-order chi connectivity index (χ1) is 10.3. The molecule has 1 aromatic heterocycles. The summed E-state index contributed by atoms with van der Waals surface area (Å²) in [7, 11) is 0. The first-order valence-electron chi connectivity index (χ1n) is 7.44. The van der Waals surface area contributed by atoms with E-state index in [0.717, 1.165) is 25.1 Å². The van der Waals surface area contributed by atoms with E-state index in [-0.39, 0.29) is 24.4 Å². The summed E-state index contributed by atoms with van der Waals surface area (Å²) in [4.78, 5) is 18.0. The van der Waals surface area contributed by atoms with Gasteiger partial charge in [-0.15, -0.1) is 0 Å². The molecule has 1 unspecified atom stereocenters. The molecule has 1 aliphatic carbocycles. The summed E-state index contributed by atoms with van der Waals surface area (Å²) in [6.07, 6.45) is -0.773. The Morgan fingerprint density at radius 2 is 2.14 bits per heavy atom. The fraction of sp³-hybridized carbons (Fsp3) is 0.600. The van der Waals surface area contributed by atoms with Crippen molar-refractivity contribution in [2.24, 2.45) is 11.7 Å². The summed E-state index contributed by atoms with van der Waals surface area (Å²) < 4.78 is 38.3. The molecule has 1 saturated carbocycles. The van der Waals surface area contributed by atoms with Gasteiger partial charge in [-0.1, -0.05) is 0 Å². The van der Waals surface area contributed by atoms with Crippen LogP contribution in [-0.2, 0) is 23.9 Å². The molecule has 4 nitrogen and oxygen atoms in total. The zero-order chi connectivity index (χ0) is 15.9. The molecule has 2 heterocycles. The third kappa shape index (κ3) is 2.95. The summed E-state index contributed by atoms with van der Waals surface area (Å²) in [5.74, 6) is -0.0775. The first-order valence-corrected chi connectivity index (χ1v) is 7.44. The minimum Gasteiger partial charge on any atom is -0.338 e. The zero-order valence-electron chi connectivity index (χ0n) is 12.1. The molecule has 1 aliphatic heterocycles. The molecule has 120 valence electrons. The van der Waals surface area contributed by atoms with Crippen LogP contribution in [0.1, 0.15) is 36.1 Å². The molecule has 0 spiro atoms. The second-order valence-corrected chi connectivity index (χ2v) is 6.11. The average molecular weight is 313 g/mol. The molecule has 7 heteroatoms. The molecule has 0 radical (unpaired) electrons. The lowest BCUT2D eigenvalue weighted by Crippen LogP contribution is -2.40. The maximum atomic E-state index is 12.8. The van der Waals surface area contributed by atoms with Crippen molar-refractivity contribution in [1.29, 1.82) is 0 Å². The highest BCUT2D eigenvalue weighted by molar-refractivity contribution is 5.79. The van der Waals surface area contributed by atoms with Crippen LogP contribution in [0.5, 0.6) is 0 Å². The maximum Gasteiger partial charge on any atom is 0.417 e. The van der Waals surface area contributed by atoms with Crippen molar-refractivity contribution in [3.63, 3.8) is 0 Å². The summed E-state index contributed by atoms with van der Waals surface area (Å²) in [5, 5.41) is 0. The van der Waals surface area contributed by atoms with Gasteiger partial charge < -0.3 is 10.6 Å². The van der Waals surface area contributed by atoms with E-state index in [2.05, 4.69) is 4.98 Å². The number of aromatic nitrogens is 1. The molecule has 1 fully saturated rings. The van der Waals surface area contributed by atoms with Crippen molar-refractivity contribution >= 4 is 5.91 Å². The summed E-state index contributed by atoms with van der Waals surface area (Å²) in [6, 6.07) is 1.17. The Bertz CT molecular complexity index is 588. The van der Waals surface area contributed by atoms with Crippen molar-refractivity contribution in [3.8, 4) is 0 Å². The number of hydrogen-bond donors (Lipinski definition) is 1. The van der Waals surface area contributed by atoms with E-state index in [4.69, 9.17) is 5.73 Å².